The molecule has 2 saturated heterocycles. The number of benzene rings is 1. The molecule has 0 bridgehead atoms. The molecule has 2 aliphatic carbocycles. The Morgan fingerprint density at radius 3 is 2.82 bits per heavy atom. The molecule has 7 nitrogen and oxygen atoms in total. The van der Waals surface area contributed by atoms with Gasteiger partial charge in [-0.25, -0.2) is 9.37 Å². The van der Waals surface area contributed by atoms with Gasteiger partial charge >= 0.3 is 0 Å². The second-order valence-electron chi connectivity index (χ2n) is 10.4. The first-order valence-corrected chi connectivity index (χ1v) is 12.3. The van der Waals surface area contributed by atoms with E-state index in [-0.39, 0.29) is 41.7 Å². The minimum Gasteiger partial charge on any atom is -0.384 e. The van der Waals surface area contributed by atoms with Crippen LogP contribution in [0.25, 0.3) is 0 Å². The molecular weight excluding hydrogens is 433 g/mol. The Labute approximate surface area is 198 Å². The minimum absolute atomic E-state index is 0.0372. The molecule has 0 spiro atoms. The van der Waals surface area contributed by atoms with E-state index in [2.05, 4.69) is 15.6 Å². The Morgan fingerprint density at radius 2 is 2.00 bits per heavy atom. The molecule has 3 heterocycles. The fraction of sp³-hybridized carbons (Fsp3) is 0.500. The summed E-state index contributed by atoms with van der Waals surface area (Å²) in [6.07, 6.45) is 4.17. The maximum atomic E-state index is 13.5. The van der Waals surface area contributed by atoms with Gasteiger partial charge in [-0.2, -0.15) is 0 Å². The van der Waals surface area contributed by atoms with Crippen molar-refractivity contribution in [1.82, 2.24) is 20.5 Å². The van der Waals surface area contributed by atoms with Crippen LogP contribution in [-0.4, -0.2) is 46.9 Å². The highest BCUT2D eigenvalue weighted by Crippen LogP contribution is 2.50. The van der Waals surface area contributed by atoms with E-state index < -0.39 is 0 Å². The van der Waals surface area contributed by atoms with Crippen LogP contribution in [0.15, 0.2) is 36.4 Å². The Hall–Kier alpha value is -3.00. The molecule has 1 saturated carbocycles. The lowest BCUT2D eigenvalue weighted by atomic mass is 9.96. The van der Waals surface area contributed by atoms with Crippen molar-refractivity contribution < 1.29 is 14.0 Å². The lowest BCUT2D eigenvalue weighted by molar-refractivity contribution is -0.141. The summed E-state index contributed by atoms with van der Waals surface area (Å²) in [5.41, 5.74) is 8.87. The molecule has 2 aromatic rings. The Kier molecular flexibility index (Phi) is 5.28. The zero-order valence-corrected chi connectivity index (χ0v) is 19.0. The van der Waals surface area contributed by atoms with Gasteiger partial charge in [0.1, 0.15) is 17.7 Å². The van der Waals surface area contributed by atoms with E-state index in [0.29, 0.717) is 24.2 Å². The number of nitrogen functional groups attached to an aromatic ring is 1. The summed E-state index contributed by atoms with van der Waals surface area (Å²) < 4.78 is 13.2. The molecule has 8 heteroatoms. The highest BCUT2D eigenvalue weighted by molar-refractivity contribution is 5.91. The van der Waals surface area contributed by atoms with Gasteiger partial charge in [-0.05, 0) is 85.7 Å². The van der Waals surface area contributed by atoms with Gasteiger partial charge in [0, 0.05) is 12.2 Å². The molecule has 1 aromatic carbocycles. The number of rotatable bonds is 5. The third kappa shape index (κ3) is 3.94. The van der Waals surface area contributed by atoms with Crippen molar-refractivity contribution in [3.63, 3.8) is 0 Å². The van der Waals surface area contributed by atoms with Gasteiger partial charge in [0.15, 0.2) is 0 Å². The lowest BCUT2D eigenvalue weighted by Crippen LogP contribution is -2.53. The number of nitrogens with zero attached hydrogens (tertiary/aromatic N) is 2. The maximum Gasteiger partial charge on any atom is 0.243 e. The molecule has 0 radical (unpaired) electrons. The smallest absolute Gasteiger partial charge is 0.243 e. The molecule has 0 unspecified atom stereocenters. The molecule has 34 heavy (non-hydrogen) atoms. The first-order chi connectivity index (χ1) is 16.5. The van der Waals surface area contributed by atoms with Gasteiger partial charge in [-0.3, -0.25) is 9.59 Å². The molecule has 1 aromatic heterocycles. The third-order valence-electron chi connectivity index (χ3n) is 8.05. The Balaban J connectivity index is 1.10. The maximum absolute atomic E-state index is 13.5. The van der Waals surface area contributed by atoms with E-state index in [1.807, 2.05) is 23.1 Å². The van der Waals surface area contributed by atoms with Crippen molar-refractivity contribution in [3.8, 4) is 0 Å². The summed E-state index contributed by atoms with van der Waals surface area (Å²) in [6, 6.07) is 9.58. The molecule has 2 aliphatic heterocycles. The number of aromatic nitrogens is 1. The second-order valence-corrected chi connectivity index (χ2v) is 10.4. The predicted molar refractivity (Wildman–Crippen MR) is 125 cm³/mol. The van der Waals surface area contributed by atoms with Gasteiger partial charge < -0.3 is 21.3 Å². The summed E-state index contributed by atoms with van der Waals surface area (Å²) in [6.45, 7) is 1.42. The number of hydrogen-bond acceptors (Lipinski definition) is 5. The lowest BCUT2D eigenvalue weighted by Gasteiger charge is -2.30. The molecule has 4 aliphatic rings. The number of amides is 2. The van der Waals surface area contributed by atoms with E-state index in [9.17, 15) is 14.0 Å². The number of carbonyl (C=O) groups excluding carboxylic acids is 2. The van der Waals surface area contributed by atoms with Crippen LogP contribution in [0.3, 0.4) is 0 Å². The van der Waals surface area contributed by atoms with Crippen LogP contribution in [0.5, 0.6) is 0 Å². The van der Waals surface area contributed by atoms with Gasteiger partial charge in [-0.15, -0.1) is 0 Å². The van der Waals surface area contributed by atoms with E-state index in [1.54, 1.807) is 6.07 Å². The average Bonchev–Trinajstić information content (AvgIpc) is 3.16. The van der Waals surface area contributed by atoms with Crippen LogP contribution in [0.4, 0.5) is 10.2 Å². The first kappa shape index (κ1) is 21.5. The van der Waals surface area contributed by atoms with Crippen molar-refractivity contribution in [3.05, 3.63) is 59.0 Å². The zero-order valence-electron chi connectivity index (χ0n) is 19.0. The second kappa shape index (κ2) is 8.34. The predicted octanol–water partition coefficient (Wildman–Crippen LogP) is 1.97. The van der Waals surface area contributed by atoms with E-state index in [0.717, 1.165) is 55.5 Å². The number of nitrogens with one attached hydrogen (secondary N) is 2. The Bertz CT molecular complexity index is 1120. The van der Waals surface area contributed by atoms with Gasteiger partial charge in [-0.1, -0.05) is 18.2 Å². The number of pyridine rings is 1. The number of piperidine rings is 1. The molecule has 178 valence electrons. The van der Waals surface area contributed by atoms with Crippen molar-refractivity contribution in [2.24, 2.45) is 17.8 Å². The van der Waals surface area contributed by atoms with E-state index in [4.69, 9.17) is 5.73 Å². The number of nitrogens with two attached hydrogens (primary N) is 1. The van der Waals surface area contributed by atoms with Gasteiger partial charge in [0.2, 0.25) is 11.8 Å². The zero-order chi connectivity index (χ0) is 23.4. The van der Waals surface area contributed by atoms with Crippen molar-refractivity contribution >= 4 is 17.6 Å². The standard InChI is InChI=1S/C26H30FN5O2/c27-17-3-1-14(2-4-17)9-15-10-22(29-12-15)26(34)32-13-16-11-19(16)24(32)25(33)31-21-7-6-20-18(21)5-8-23(28)30-20/h1-5,8,15-16,19,21-22,24,29H,6-7,9-13H2,(H2,28,30)(H,31,33)/t15-,16+,19+,21+,22+,24-/m0/s1. The van der Waals surface area contributed by atoms with Crippen molar-refractivity contribution in [2.45, 2.75) is 50.2 Å². The van der Waals surface area contributed by atoms with Crippen LogP contribution in [0.1, 0.15) is 42.1 Å². The fourth-order valence-electron chi connectivity index (χ4n) is 6.22. The molecule has 3 fully saturated rings. The van der Waals surface area contributed by atoms with E-state index in [1.165, 1.54) is 12.1 Å². The fourth-order valence-corrected chi connectivity index (χ4v) is 6.22. The number of anilines is 1. The topological polar surface area (TPSA) is 100 Å². The Morgan fingerprint density at radius 1 is 1.18 bits per heavy atom. The van der Waals surface area contributed by atoms with Crippen molar-refractivity contribution in [2.75, 3.05) is 18.8 Å². The summed E-state index contributed by atoms with van der Waals surface area (Å²) in [7, 11) is 0. The van der Waals surface area contributed by atoms with Crippen LogP contribution in [0.2, 0.25) is 0 Å². The highest BCUT2D eigenvalue weighted by Gasteiger charge is 2.57. The molecule has 6 rings (SSSR count). The number of aryl methyl sites for hydroxylation is 1. The highest BCUT2D eigenvalue weighted by atomic mass is 19.1. The molecule has 2 amide bonds. The summed E-state index contributed by atoms with van der Waals surface area (Å²) in [4.78, 5) is 33.1. The van der Waals surface area contributed by atoms with Crippen LogP contribution < -0.4 is 16.4 Å². The third-order valence-corrected chi connectivity index (χ3v) is 8.05. The van der Waals surface area contributed by atoms with Gasteiger partial charge in [0.25, 0.3) is 0 Å². The first-order valence-electron chi connectivity index (χ1n) is 12.3. The SMILES string of the molecule is Nc1ccc2c(n1)CC[C@H]2NC(=O)[C@@H]1[C@@H]2C[C@@H]2CN1C(=O)[C@H]1C[C@H](Cc2ccc(F)cc2)CN1. The van der Waals surface area contributed by atoms with Gasteiger partial charge in [0.05, 0.1) is 12.1 Å². The van der Waals surface area contributed by atoms with E-state index >= 15 is 0 Å². The molecule has 6 atom stereocenters. The number of hydrogen-bond donors (Lipinski definition) is 3. The monoisotopic (exact) mass is 463 g/mol. The molecular formula is C26H30FN5O2. The quantitative estimate of drug-likeness (QED) is 0.630. The number of carbonyl (C=O) groups is 2. The number of likely N-dealkylation sites (tertiary alicyclic amines) is 1. The van der Waals surface area contributed by atoms with Crippen molar-refractivity contribution in [1.29, 1.82) is 0 Å². The van der Waals surface area contributed by atoms with Crippen LogP contribution in [-0.2, 0) is 22.4 Å². The summed E-state index contributed by atoms with van der Waals surface area (Å²) >= 11 is 0. The van der Waals surface area contributed by atoms with Crippen LogP contribution >= 0.6 is 0 Å². The summed E-state index contributed by atoms with van der Waals surface area (Å²) in [5.74, 6) is 1.28. The summed E-state index contributed by atoms with van der Waals surface area (Å²) in [5, 5.41) is 6.59. The minimum atomic E-state index is -0.388. The molecule has 4 N–H and O–H groups in total. The number of halogens is 1. The largest absolute Gasteiger partial charge is 0.384 e. The number of fused-ring (bicyclic) bond motifs is 2. The van der Waals surface area contributed by atoms with Crippen LogP contribution in [0, 0.1) is 23.6 Å². The normalized spacial score (nSPS) is 31.3. The average molecular weight is 464 g/mol.